The van der Waals surface area contributed by atoms with Crippen molar-refractivity contribution >= 4 is 23.3 Å². The van der Waals surface area contributed by atoms with E-state index in [-0.39, 0.29) is 12.0 Å². The number of pyridine rings is 1. The van der Waals surface area contributed by atoms with E-state index in [1.54, 1.807) is 23.0 Å². The molecule has 0 unspecified atom stereocenters. The zero-order valence-corrected chi connectivity index (χ0v) is 21.3. The second kappa shape index (κ2) is 12.6. The molecule has 1 aliphatic carbocycles. The number of alkyl halides is 3. The molecule has 0 saturated heterocycles. The highest BCUT2D eigenvalue weighted by Crippen LogP contribution is 2.34. The Balaban J connectivity index is 0.00000112. The molecule has 39 heavy (non-hydrogen) atoms. The van der Waals surface area contributed by atoms with Crippen molar-refractivity contribution in [1.82, 2.24) is 14.9 Å². The van der Waals surface area contributed by atoms with Gasteiger partial charge >= 0.3 is 6.18 Å². The highest BCUT2D eigenvalue weighted by molar-refractivity contribution is 6.06. The lowest BCUT2D eigenvalue weighted by Crippen LogP contribution is -2.31. The van der Waals surface area contributed by atoms with Crippen molar-refractivity contribution in [1.29, 1.82) is 0 Å². The number of carbonyl (C=O) groups excluding carboxylic acids is 1. The maximum atomic E-state index is 13.6. The first-order valence-corrected chi connectivity index (χ1v) is 12.9. The predicted octanol–water partition coefficient (Wildman–Crippen LogP) is 6.78. The third-order valence-electron chi connectivity index (χ3n) is 6.97. The molecule has 5 rings (SSSR count). The second-order valence-corrected chi connectivity index (χ2v) is 9.63. The molecule has 204 valence electrons. The Hall–Kier alpha value is -4.14. The van der Waals surface area contributed by atoms with Crippen LogP contribution in [0.1, 0.15) is 53.7 Å². The number of rotatable bonds is 6. The fourth-order valence-corrected chi connectivity index (χ4v) is 5.04. The van der Waals surface area contributed by atoms with Crippen LogP contribution in [0.2, 0.25) is 0 Å². The number of halogens is 3. The van der Waals surface area contributed by atoms with Gasteiger partial charge in [0.2, 0.25) is 0 Å². The van der Waals surface area contributed by atoms with Crippen molar-refractivity contribution < 1.29 is 27.9 Å². The zero-order chi connectivity index (χ0) is 27.8. The van der Waals surface area contributed by atoms with Crippen molar-refractivity contribution in [2.24, 2.45) is 5.92 Å². The molecule has 6 nitrogen and oxygen atoms in total. The zero-order valence-electron chi connectivity index (χ0n) is 21.3. The van der Waals surface area contributed by atoms with Crippen molar-refractivity contribution in [2.45, 2.75) is 44.8 Å². The van der Waals surface area contributed by atoms with Crippen LogP contribution >= 0.6 is 0 Å². The van der Waals surface area contributed by atoms with Crippen LogP contribution in [0, 0.1) is 5.92 Å². The van der Waals surface area contributed by atoms with Gasteiger partial charge in [0.05, 0.1) is 28.9 Å². The number of hydrogen-bond acceptors (Lipinski definition) is 3. The smallest absolute Gasteiger partial charge is 0.416 e. The Kier molecular flexibility index (Phi) is 9.01. The topological polar surface area (TPSA) is 84.2 Å². The summed E-state index contributed by atoms with van der Waals surface area (Å²) in [5, 5.41) is 10.2. The summed E-state index contributed by atoms with van der Waals surface area (Å²) in [5.41, 5.74) is 2.50. The van der Waals surface area contributed by atoms with E-state index < -0.39 is 17.6 Å². The van der Waals surface area contributed by atoms with Gasteiger partial charge in [-0.3, -0.25) is 14.6 Å². The molecule has 4 aromatic rings. The van der Waals surface area contributed by atoms with Crippen LogP contribution in [0.4, 0.5) is 13.2 Å². The third kappa shape index (κ3) is 7.04. The minimum absolute atomic E-state index is 0.0431. The number of benzene rings is 2. The van der Waals surface area contributed by atoms with Crippen molar-refractivity contribution in [3.8, 4) is 11.1 Å². The number of fused-ring (bicyclic) bond motifs is 1. The molecule has 1 amide bonds. The quantitative estimate of drug-likeness (QED) is 0.266. The molecule has 2 aromatic carbocycles. The minimum Gasteiger partial charge on any atom is -0.483 e. The molecule has 2 heterocycles. The molecule has 0 spiro atoms. The van der Waals surface area contributed by atoms with Gasteiger partial charge in [-0.05, 0) is 48.6 Å². The van der Waals surface area contributed by atoms with Crippen molar-refractivity contribution in [3.63, 3.8) is 0 Å². The summed E-state index contributed by atoms with van der Waals surface area (Å²) in [6.45, 7) is 0.576. The van der Waals surface area contributed by atoms with E-state index >= 15 is 0 Å². The van der Waals surface area contributed by atoms with Crippen molar-refractivity contribution in [3.05, 3.63) is 89.9 Å². The maximum absolute atomic E-state index is 13.6. The number of carbonyl (C=O) groups is 2. The fourth-order valence-electron chi connectivity index (χ4n) is 5.04. The number of nitrogens with zero attached hydrogens (tertiary/aromatic N) is 2. The maximum Gasteiger partial charge on any atom is 0.416 e. The van der Waals surface area contributed by atoms with Crippen LogP contribution in [-0.4, -0.2) is 33.6 Å². The van der Waals surface area contributed by atoms with E-state index in [9.17, 15) is 18.0 Å². The first-order valence-electron chi connectivity index (χ1n) is 12.9. The average Bonchev–Trinajstić information content (AvgIpc) is 3.35. The lowest BCUT2D eigenvalue weighted by atomic mass is 9.89. The Bertz CT molecular complexity index is 1390. The van der Waals surface area contributed by atoms with Gasteiger partial charge in [-0.15, -0.1) is 0 Å². The Morgan fingerprint density at radius 3 is 2.38 bits per heavy atom. The summed E-state index contributed by atoms with van der Waals surface area (Å²) in [5.74, 6) is -0.0906. The van der Waals surface area contributed by atoms with Crippen LogP contribution in [0.25, 0.3) is 22.0 Å². The summed E-state index contributed by atoms with van der Waals surface area (Å²) in [7, 11) is 0. The largest absolute Gasteiger partial charge is 0.483 e. The summed E-state index contributed by atoms with van der Waals surface area (Å²) < 4.78 is 42.7. The molecule has 1 saturated carbocycles. The highest BCUT2D eigenvalue weighted by atomic mass is 19.4. The van der Waals surface area contributed by atoms with Gasteiger partial charge in [0.25, 0.3) is 12.4 Å². The van der Waals surface area contributed by atoms with Gasteiger partial charge in [0, 0.05) is 29.9 Å². The van der Waals surface area contributed by atoms with Crippen LogP contribution in [0.15, 0.2) is 73.1 Å². The van der Waals surface area contributed by atoms with Gasteiger partial charge in [0.15, 0.2) is 0 Å². The molecule has 1 aliphatic rings. The van der Waals surface area contributed by atoms with Crippen LogP contribution in [0.5, 0.6) is 0 Å². The molecule has 0 bridgehead atoms. The van der Waals surface area contributed by atoms with Crippen LogP contribution in [-0.2, 0) is 17.5 Å². The Morgan fingerprint density at radius 1 is 1.03 bits per heavy atom. The monoisotopic (exact) mass is 537 g/mol. The van der Waals surface area contributed by atoms with Crippen LogP contribution in [0.3, 0.4) is 0 Å². The number of amides is 1. The Morgan fingerprint density at radius 2 is 1.74 bits per heavy atom. The molecular weight excluding hydrogens is 507 g/mol. The third-order valence-corrected chi connectivity index (χ3v) is 6.97. The normalized spacial score (nSPS) is 13.9. The molecule has 2 N–H and O–H groups in total. The van der Waals surface area contributed by atoms with E-state index in [4.69, 9.17) is 9.90 Å². The molecule has 0 atom stereocenters. The van der Waals surface area contributed by atoms with Gasteiger partial charge in [-0.1, -0.05) is 55.7 Å². The number of carboxylic acid groups (broad SMARTS) is 1. The van der Waals surface area contributed by atoms with Gasteiger partial charge in [0.1, 0.15) is 0 Å². The van der Waals surface area contributed by atoms with E-state index in [2.05, 4.69) is 10.3 Å². The Labute approximate surface area is 224 Å². The predicted molar refractivity (Wildman–Crippen MR) is 143 cm³/mol. The summed E-state index contributed by atoms with van der Waals surface area (Å²) >= 11 is 0. The lowest BCUT2D eigenvalue weighted by molar-refractivity contribution is -0.137. The van der Waals surface area contributed by atoms with Crippen LogP contribution < -0.4 is 5.32 Å². The summed E-state index contributed by atoms with van der Waals surface area (Å²) in [4.78, 5) is 26.1. The number of nitrogens with one attached hydrogen (secondary N) is 1. The standard InChI is InChI=1S/C29H28F3N3O.CH2O2/c30-29(31,32)24-15-22-13-14-35(19-25-12-11-23(18-33-25)21-9-5-2-6-10-21)27(22)26(16-24)28(36)34-17-20-7-3-1-4-8-20;2-1-3/h2,5-6,9-16,18,20H,1,3-4,7-8,17,19H2,(H,34,36);1H,(H,2,3). The van der Waals surface area contributed by atoms with E-state index in [1.165, 1.54) is 6.42 Å². The van der Waals surface area contributed by atoms with E-state index in [1.807, 2.05) is 42.5 Å². The molecule has 0 aliphatic heterocycles. The molecule has 1 fully saturated rings. The first-order chi connectivity index (χ1) is 18.8. The van der Waals surface area contributed by atoms with E-state index in [0.29, 0.717) is 29.9 Å². The first kappa shape index (κ1) is 27.9. The lowest BCUT2D eigenvalue weighted by Gasteiger charge is -2.22. The van der Waals surface area contributed by atoms with E-state index in [0.717, 1.165) is 54.6 Å². The number of aromatic nitrogens is 2. The van der Waals surface area contributed by atoms with Crippen molar-refractivity contribution in [2.75, 3.05) is 6.54 Å². The SMILES string of the molecule is O=C(NCC1CCCCC1)c1cc(C(F)(F)F)cc2ccn(Cc3ccc(-c4ccccc4)cn3)c12.O=CO. The highest BCUT2D eigenvalue weighted by Gasteiger charge is 2.33. The summed E-state index contributed by atoms with van der Waals surface area (Å²) in [6, 6.07) is 17.5. The van der Waals surface area contributed by atoms with Gasteiger partial charge in [-0.25, -0.2) is 0 Å². The molecule has 2 aromatic heterocycles. The molecular formula is C30H30F3N3O3. The summed E-state index contributed by atoms with van der Waals surface area (Å²) in [6.07, 6.45) is 4.51. The molecule has 0 radical (unpaired) electrons. The second-order valence-electron chi connectivity index (χ2n) is 9.63. The number of hydrogen-bond donors (Lipinski definition) is 2. The van der Waals surface area contributed by atoms with Gasteiger partial charge in [-0.2, -0.15) is 13.2 Å². The minimum atomic E-state index is -4.54. The molecule has 9 heteroatoms. The average molecular weight is 538 g/mol. The van der Waals surface area contributed by atoms with Gasteiger partial charge < -0.3 is 15.0 Å². The fraction of sp³-hybridized carbons (Fsp3) is 0.300.